The molecule has 1 aliphatic heterocycles. The van der Waals surface area contributed by atoms with Crippen LogP contribution in [0.25, 0.3) is 6.08 Å². The number of rotatable bonds is 8. The smallest absolute Gasteiger partial charge is 0.270 e. The third kappa shape index (κ3) is 5.50. The fraction of sp³-hybridized carbons (Fsp3) is 0.120. The van der Waals surface area contributed by atoms with E-state index in [2.05, 4.69) is 0 Å². The maximum absolute atomic E-state index is 13.0. The summed E-state index contributed by atoms with van der Waals surface area (Å²) in [5.41, 5.74) is 1.42. The number of nitrogens with zero attached hydrogens (tertiary/aromatic N) is 1. The summed E-state index contributed by atoms with van der Waals surface area (Å²) >= 11 is 12.9. The van der Waals surface area contributed by atoms with Gasteiger partial charge >= 0.3 is 0 Å². The Labute approximate surface area is 206 Å². The monoisotopic (exact) mass is 497 g/mol. The molecule has 0 N–H and O–H groups in total. The molecule has 0 atom stereocenters. The summed E-state index contributed by atoms with van der Waals surface area (Å²) in [4.78, 5) is 15.1. The van der Waals surface area contributed by atoms with E-state index in [4.69, 9.17) is 38.0 Å². The molecule has 0 spiro atoms. The predicted octanol–water partition coefficient (Wildman–Crippen LogP) is 6.21. The summed E-state index contributed by atoms with van der Waals surface area (Å²) in [6, 6.07) is 22.0. The summed E-state index contributed by atoms with van der Waals surface area (Å²) in [5.74, 6) is 1.71. The van der Waals surface area contributed by atoms with Crippen LogP contribution in [0.5, 0.6) is 17.2 Å². The number of thiocarbonyl (C=S) groups is 1. The number of hydrogen-bond acceptors (Lipinski definition) is 6. The van der Waals surface area contributed by atoms with Crippen molar-refractivity contribution in [2.45, 2.75) is 0 Å². The maximum Gasteiger partial charge on any atom is 0.270 e. The van der Waals surface area contributed by atoms with Crippen molar-refractivity contribution in [1.29, 1.82) is 0 Å². The van der Waals surface area contributed by atoms with Crippen molar-refractivity contribution in [3.8, 4) is 17.2 Å². The molecule has 0 saturated carbocycles. The predicted molar refractivity (Wildman–Crippen MR) is 138 cm³/mol. The summed E-state index contributed by atoms with van der Waals surface area (Å²) in [5, 5.41) is 0.539. The second-order valence-corrected chi connectivity index (χ2v) is 8.99. The van der Waals surface area contributed by atoms with E-state index in [0.29, 0.717) is 50.3 Å². The van der Waals surface area contributed by atoms with Crippen LogP contribution in [0.4, 0.5) is 5.69 Å². The summed E-state index contributed by atoms with van der Waals surface area (Å²) in [6.07, 6.45) is 1.75. The van der Waals surface area contributed by atoms with Crippen LogP contribution >= 0.6 is 35.6 Å². The van der Waals surface area contributed by atoms with Gasteiger partial charge in [-0.25, -0.2) is 0 Å². The van der Waals surface area contributed by atoms with Crippen LogP contribution in [0.3, 0.4) is 0 Å². The zero-order valence-corrected chi connectivity index (χ0v) is 20.1. The Morgan fingerprint density at radius 2 is 1.61 bits per heavy atom. The van der Waals surface area contributed by atoms with Gasteiger partial charge in [0.05, 0.1) is 17.7 Å². The molecule has 1 aliphatic rings. The second kappa shape index (κ2) is 10.7. The highest BCUT2D eigenvalue weighted by atomic mass is 35.5. The zero-order chi connectivity index (χ0) is 23.2. The lowest BCUT2D eigenvalue weighted by Gasteiger charge is -2.14. The largest absolute Gasteiger partial charge is 0.493 e. The highest BCUT2D eigenvalue weighted by molar-refractivity contribution is 8.27. The Morgan fingerprint density at radius 1 is 0.939 bits per heavy atom. The van der Waals surface area contributed by atoms with E-state index in [9.17, 15) is 4.79 Å². The SMILES string of the molecule is COc1ccccc1OCCOc1ccc(Cl)cc1C=C1SC(=S)N(c2ccccc2)C1=O. The molecule has 168 valence electrons. The first-order valence-corrected chi connectivity index (χ1v) is 11.7. The molecule has 1 saturated heterocycles. The van der Waals surface area contributed by atoms with Crippen molar-refractivity contribution in [2.24, 2.45) is 0 Å². The van der Waals surface area contributed by atoms with E-state index in [1.807, 2.05) is 54.6 Å². The van der Waals surface area contributed by atoms with Crippen molar-refractivity contribution in [3.63, 3.8) is 0 Å². The molecule has 0 aromatic heterocycles. The Bertz CT molecular complexity index is 1200. The minimum absolute atomic E-state index is 0.179. The first-order chi connectivity index (χ1) is 16.1. The lowest BCUT2D eigenvalue weighted by atomic mass is 10.1. The maximum atomic E-state index is 13.0. The number of para-hydroxylation sites is 3. The zero-order valence-electron chi connectivity index (χ0n) is 17.7. The van der Waals surface area contributed by atoms with E-state index in [0.717, 1.165) is 5.69 Å². The fourth-order valence-electron chi connectivity index (χ4n) is 3.21. The third-order valence-electron chi connectivity index (χ3n) is 4.73. The number of amides is 1. The van der Waals surface area contributed by atoms with Crippen LogP contribution in [0.15, 0.2) is 77.7 Å². The molecule has 4 rings (SSSR count). The summed E-state index contributed by atoms with van der Waals surface area (Å²) in [6.45, 7) is 0.615. The van der Waals surface area contributed by atoms with E-state index >= 15 is 0 Å². The average molecular weight is 498 g/mol. The van der Waals surface area contributed by atoms with E-state index in [-0.39, 0.29) is 5.91 Å². The topological polar surface area (TPSA) is 48.0 Å². The van der Waals surface area contributed by atoms with Gasteiger partial charge in [-0.3, -0.25) is 9.69 Å². The van der Waals surface area contributed by atoms with Crippen LogP contribution in [-0.2, 0) is 4.79 Å². The van der Waals surface area contributed by atoms with Gasteiger partial charge < -0.3 is 14.2 Å². The molecule has 0 bridgehead atoms. The van der Waals surface area contributed by atoms with Crippen molar-refractivity contribution >= 4 is 57.6 Å². The number of halogens is 1. The summed E-state index contributed by atoms with van der Waals surface area (Å²) < 4.78 is 17.5. The van der Waals surface area contributed by atoms with Crippen LogP contribution in [0.1, 0.15) is 5.56 Å². The van der Waals surface area contributed by atoms with Gasteiger partial charge in [0, 0.05) is 10.6 Å². The van der Waals surface area contributed by atoms with Gasteiger partial charge in [0.25, 0.3) is 5.91 Å². The van der Waals surface area contributed by atoms with Crippen LogP contribution in [0.2, 0.25) is 5.02 Å². The lowest BCUT2D eigenvalue weighted by molar-refractivity contribution is -0.113. The van der Waals surface area contributed by atoms with Crippen molar-refractivity contribution in [2.75, 3.05) is 25.2 Å². The number of hydrogen-bond donors (Lipinski definition) is 0. The van der Waals surface area contributed by atoms with Gasteiger partial charge in [0.1, 0.15) is 19.0 Å². The van der Waals surface area contributed by atoms with Gasteiger partial charge in [0.2, 0.25) is 0 Å². The van der Waals surface area contributed by atoms with Crippen LogP contribution < -0.4 is 19.1 Å². The molecule has 33 heavy (non-hydrogen) atoms. The molecular formula is C25H20ClNO4S2. The molecule has 3 aromatic carbocycles. The van der Waals surface area contributed by atoms with Gasteiger partial charge in [-0.2, -0.15) is 0 Å². The second-order valence-electron chi connectivity index (χ2n) is 6.88. The molecule has 0 aliphatic carbocycles. The van der Waals surface area contributed by atoms with E-state index < -0.39 is 0 Å². The lowest BCUT2D eigenvalue weighted by Crippen LogP contribution is -2.27. The Morgan fingerprint density at radius 3 is 2.33 bits per heavy atom. The molecular weight excluding hydrogens is 478 g/mol. The minimum Gasteiger partial charge on any atom is -0.493 e. The summed E-state index contributed by atoms with van der Waals surface area (Å²) in [7, 11) is 1.60. The van der Waals surface area contributed by atoms with Crippen molar-refractivity contribution < 1.29 is 19.0 Å². The molecule has 1 heterocycles. The average Bonchev–Trinajstić information content (AvgIpc) is 3.11. The first-order valence-electron chi connectivity index (χ1n) is 10.1. The Hall–Kier alpha value is -3.00. The Kier molecular flexibility index (Phi) is 7.54. The Balaban J connectivity index is 1.47. The van der Waals surface area contributed by atoms with Crippen molar-refractivity contribution in [3.05, 3.63) is 88.3 Å². The van der Waals surface area contributed by atoms with E-state index in [1.54, 1.807) is 31.4 Å². The van der Waals surface area contributed by atoms with Crippen molar-refractivity contribution in [1.82, 2.24) is 0 Å². The molecule has 1 fully saturated rings. The van der Waals surface area contributed by atoms with Crippen LogP contribution in [0, 0.1) is 0 Å². The highest BCUT2D eigenvalue weighted by Gasteiger charge is 2.33. The molecule has 8 heteroatoms. The molecule has 5 nitrogen and oxygen atoms in total. The standard InChI is InChI=1S/C25H20ClNO4S2/c1-29-21-9-5-6-10-22(21)31-14-13-30-20-12-11-18(26)15-17(20)16-23-24(28)27(25(32)33-23)19-7-3-2-4-8-19/h2-12,15-16H,13-14H2,1H3. The van der Waals surface area contributed by atoms with Gasteiger partial charge in [-0.1, -0.05) is 65.9 Å². The molecule has 0 unspecified atom stereocenters. The number of carbonyl (C=O) groups is 1. The number of ether oxygens (including phenoxy) is 3. The number of carbonyl (C=O) groups excluding carboxylic acids is 1. The third-order valence-corrected chi connectivity index (χ3v) is 6.27. The highest BCUT2D eigenvalue weighted by Crippen LogP contribution is 2.37. The molecule has 0 radical (unpaired) electrons. The van der Waals surface area contributed by atoms with Gasteiger partial charge in [0.15, 0.2) is 15.8 Å². The number of benzene rings is 3. The van der Waals surface area contributed by atoms with Gasteiger partial charge in [-0.15, -0.1) is 0 Å². The van der Waals surface area contributed by atoms with Gasteiger partial charge in [-0.05, 0) is 48.5 Å². The number of anilines is 1. The minimum atomic E-state index is -0.179. The molecule has 1 amide bonds. The van der Waals surface area contributed by atoms with E-state index in [1.165, 1.54) is 16.7 Å². The normalized spacial score (nSPS) is 14.6. The molecule has 3 aromatic rings. The fourth-order valence-corrected chi connectivity index (χ4v) is 4.68. The van der Waals surface area contributed by atoms with Crippen LogP contribution in [-0.4, -0.2) is 30.6 Å². The quantitative estimate of drug-likeness (QED) is 0.209. The number of methoxy groups -OCH3 is 1. The number of thioether (sulfide) groups is 1. The first kappa shape index (κ1) is 23.2.